The van der Waals surface area contributed by atoms with Gasteiger partial charge in [-0.15, -0.1) is 24.8 Å². The lowest BCUT2D eigenvalue weighted by atomic mass is 9.85. The first kappa shape index (κ1) is 27.8. The molecule has 0 saturated heterocycles. The number of Topliss-reactive ketones (excluding diaryl/α,β-unsaturated/α-hetero) is 1. The van der Waals surface area contributed by atoms with Gasteiger partial charge in [-0.05, 0) is 89.0 Å². The molecular formula is C26H34Cl2N4O2. The second kappa shape index (κ2) is 12.3. The molecule has 0 unspecified atom stereocenters. The normalized spacial score (nSPS) is 17.6. The lowest BCUT2D eigenvalue weighted by Crippen LogP contribution is -2.31. The summed E-state index contributed by atoms with van der Waals surface area (Å²) in [6.07, 6.45) is 6.26. The molecule has 0 amide bonds. The molecule has 1 aliphatic carbocycles. The van der Waals surface area contributed by atoms with Crippen LogP contribution in [0.25, 0.3) is 22.3 Å². The zero-order valence-electron chi connectivity index (χ0n) is 20.2. The number of ether oxygens (including phenoxy) is 1. The minimum absolute atomic E-state index is 0. The number of halogens is 2. The van der Waals surface area contributed by atoms with Crippen LogP contribution >= 0.6 is 24.8 Å². The van der Waals surface area contributed by atoms with Crippen LogP contribution < -0.4 is 10.1 Å². The number of benzene rings is 1. The van der Waals surface area contributed by atoms with Gasteiger partial charge in [-0.3, -0.25) is 9.78 Å². The highest BCUT2D eigenvalue weighted by Gasteiger charge is 2.24. The number of nitrogens with one attached hydrogen (secondary N) is 1. The van der Waals surface area contributed by atoms with E-state index in [9.17, 15) is 4.79 Å². The Balaban J connectivity index is 0.00000204. The molecule has 8 heteroatoms. The van der Waals surface area contributed by atoms with Gasteiger partial charge in [0.15, 0.2) is 5.78 Å². The molecule has 1 fully saturated rings. The van der Waals surface area contributed by atoms with Gasteiger partial charge in [-0.2, -0.15) is 0 Å². The SMILES string of the molecule is COc1ccc(-c2ccc3ncc(C(C)=O)c(N[C@H]4CC[C@H](CN(C)C)CC4)c3n2)cc1.Cl.Cl. The Kier molecular flexibility index (Phi) is 10.1. The van der Waals surface area contributed by atoms with Crippen molar-refractivity contribution in [2.45, 2.75) is 38.6 Å². The molecule has 1 aromatic carbocycles. The molecule has 2 aromatic heterocycles. The molecule has 3 aromatic rings. The van der Waals surface area contributed by atoms with E-state index < -0.39 is 0 Å². The van der Waals surface area contributed by atoms with Gasteiger partial charge in [0.05, 0.1) is 29.6 Å². The second-order valence-electron chi connectivity index (χ2n) is 9.02. The number of carbonyl (C=O) groups is 1. The first-order valence-corrected chi connectivity index (χ1v) is 11.3. The molecule has 1 aliphatic rings. The first-order valence-electron chi connectivity index (χ1n) is 11.3. The van der Waals surface area contributed by atoms with Crippen molar-refractivity contribution in [1.29, 1.82) is 0 Å². The molecule has 34 heavy (non-hydrogen) atoms. The summed E-state index contributed by atoms with van der Waals surface area (Å²) in [4.78, 5) is 24.1. The van der Waals surface area contributed by atoms with Crippen LogP contribution in [0.5, 0.6) is 5.75 Å². The predicted molar refractivity (Wildman–Crippen MR) is 144 cm³/mol. The van der Waals surface area contributed by atoms with Gasteiger partial charge >= 0.3 is 0 Å². The van der Waals surface area contributed by atoms with Gasteiger partial charge in [0.2, 0.25) is 0 Å². The predicted octanol–water partition coefficient (Wildman–Crippen LogP) is 5.88. The molecular weight excluding hydrogens is 471 g/mol. The summed E-state index contributed by atoms with van der Waals surface area (Å²) >= 11 is 0. The van der Waals surface area contributed by atoms with E-state index in [1.165, 1.54) is 12.8 Å². The highest BCUT2D eigenvalue weighted by atomic mass is 35.5. The van der Waals surface area contributed by atoms with Crippen LogP contribution in [0.4, 0.5) is 5.69 Å². The van der Waals surface area contributed by atoms with Gasteiger partial charge in [-0.1, -0.05) is 0 Å². The average Bonchev–Trinajstić information content (AvgIpc) is 2.79. The van der Waals surface area contributed by atoms with E-state index >= 15 is 0 Å². The summed E-state index contributed by atoms with van der Waals surface area (Å²) in [6, 6.07) is 12.1. The Labute approximate surface area is 214 Å². The largest absolute Gasteiger partial charge is 0.497 e. The van der Waals surface area contributed by atoms with Crippen molar-refractivity contribution in [3.63, 3.8) is 0 Å². The van der Waals surface area contributed by atoms with Crippen LogP contribution in [0, 0.1) is 5.92 Å². The Morgan fingerprint density at radius 1 is 1.06 bits per heavy atom. The summed E-state index contributed by atoms with van der Waals surface area (Å²) in [7, 11) is 5.93. The fourth-order valence-electron chi connectivity index (χ4n) is 4.61. The van der Waals surface area contributed by atoms with E-state index in [-0.39, 0.29) is 30.6 Å². The lowest BCUT2D eigenvalue weighted by molar-refractivity contribution is 0.101. The molecule has 4 rings (SSSR count). The Morgan fingerprint density at radius 2 is 1.74 bits per heavy atom. The van der Waals surface area contributed by atoms with E-state index in [2.05, 4.69) is 29.3 Å². The smallest absolute Gasteiger partial charge is 0.163 e. The fourth-order valence-corrected chi connectivity index (χ4v) is 4.61. The zero-order valence-corrected chi connectivity index (χ0v) is 21.8. The summed E-state index contributed by atoms with van der Waals surface area (Å²) in [6.45, 7) is 2.73. The average molecular weight is 505 g/mol. The zero-order chi connectivity index (χ0) is 22.7. The highest BCUT2D eigenvalue weighted by molar-refractivity contribution is 6.06. The van der Waals surface area contributed by atoms with Gasteiger partial charge in [0, 0.05) is 24.3 Å². The summed E-state index contributed by atoms with van der Waals surface area (Å²) in [5, 5.41) is 3.69. The van der Waals surface area contributed by atoms with Gasteiger partial charge < -0.3 is 15.0 Å². The number of fused-ring (bicyclic) bond motifs is 1. The minimum atomic E-state index is -0.000144. The summed E-state index contributed by atoms with van der Waals surface area (Å²) in [5.74, 6) is 1.55. The number of nitrogens with zero attached hydrogens (tertiary/aromatic N) is 3. The number of anilines is 1. The van der Waals surface area contributed by atoms with Crippen LogP contribution in [0.1, 0.15) is 43.0 Å². The van der Waals surface area contributed by atoms with Crippen molar-refractivity contribution in [2.24, 2.45) is 5.92 Å². The standard InChI is InChI=1S/C26H32N4O2.2ClH/c1-17(31)22-15-27-24-14-13-23(19-7-11-21(32-4)12-8-19)29-26(24)25(22)28-20-9-5-18(6-10-20)16-30(2)3;;/h7-8,11-15,18,20H,5-6,9-10,16H2,1-4H3,(H,27,28);2*1H/t18-,20-;;. The van der Waals surface area contributed by atoms with Crippen molar-refractivity contribution in [3.05, 3.63) is 48.2 Å². The third-order valence-corrected chi connectivity index (χ3v) is 6.30. The number of hydrogen-bond acceptors (Lipinski definition) is 6. The quantitative estimate of drug-likeness (QED) is 0.405. The third-order valence-electron chi connectivity index (χ3n) is 6.30. The summed E-state index contributed by atoms with van der Waals surface area (Å²) in [5.41, 5.74) is 4.80. The topological polar surface area (TPSA) is 67.3 Å². The van der Waals surface area contributed by atoms with Crippen molar-refractivity contribution in [1.82, 2.24) is 14.9 Å². The maximum Gasteiger partial charge on any atom is 0.163 e. The number of hydrogen-bond donors (Lipinski definition) is 1. The van der Waals surface area contributed by atoms with Crippen LogP contribution in [0.3, 0.4) is 0 Å². The van der Waals surface area contributed by atoms with Gasteiger partial charge in [-0.25, -0.2) is 4.98 Å². The highest BCUT2D eigenvalue weighted by Crippen LogP contribution is 2.32. The lowest BCUT2D eigenvalue weighted by Gasteiger charge is -2.31. The van der Waals surface area contributed by atoms with Gasteiger partial charge in [0.1, 0.15) is 11.3 Å². The molecule has 184 valence electrons. The van der Waals surface area contributed by atoms with E-state index in [1.807, 2.05) is 36.4 Å². The molecule has 0 bridgehead atoms. The molecule has 0 spiro atoms. The van der Waals surface area contributed by atoms with Crippen LogP contribution in [0.15, 0.2) is 42.6 Å². The second-order valence-corrected chi connectivity index (χ2v) is 9.02. The van der Waals surface area contributed by atoms with Crippen molar-refractivity contribution in [2.75, 3.05) is 33.1 Å². The minimum Gasteiger partial charge on any atom is -0.497 e. The van der Waals surface area contributed by atoms with Crippen molar-refractivity contribution in [3.8, 4) is 17.0 Å². The molecule has 6 nitrogen and oxygen atoms in total. The summed E-state index contributed by atoms with van der Waals surface area (Å²) < 4.78 is 5.27. The van der Waals surface area contributed by atoms with E-state index in [0.29, 0.717) is 11.6 Å². The number of aromatic nitrogens is 2. The molecule has 0 atom stereocenters. The number of methoxy groups -OCH3 is 1. The van der Waals surface area contributed by atoms with E-state index in [4.69, 9.17) is 9.72 Å². The fraction of sp³-hybridized carbons (Fsp3) is 0.423. The van der Waals surface area contributed by atoms with Crippen LogP contribution in [0.2, 0.25) is 0 Å². The maximum atomic E-state index is 12.4. The first-order chi connectivity index (χ1) is 15.4. The Morgan fingerprint density at radius 3 is 2.32 bits per heavy atom. The molecule has 0 radical (unpaired) electrons. The van der Waals surface area contributed by atoms with Crippen LogP contribution in [-0.2, 0) is 0 Å². The molecule has 1 N–H and O–H groups in total. The third kappa shape index (κ3) is 6.38. The monoisotopic (exact) mass is 504 g/mol. The Hall–Kier alpha value is -2.41. The Bertz CT molecular complexity index is 1100. The molecule has 1 saturated carbocycles. The van der Waals surface area contributed by atoms with Crippen molar-refractivity contribution < 1.29 is 9.53 Å². The number of ketones is 1. The van der Waals surface area contributed by atoms with E-state index in [1.54, 1.807) is 20.2 Å². The number of rotatable bonds is 7. The number of pyridine rings is 2. The molecule has 0 aliphatic heterocycles. The molecule has 2 heterocycles. The van der Waals surface area contributed by atoms with Crippen LogP contribution in [-0.4, -0.2) is 54.4 Å². The van der Waals surface area contributed by atoms with Gasteiger partial charge in [0.25, 0.3) is 0 Å². The maximum absolute atomic E-state index is 12.4. The van der Waals surface area contributed by atoms with Crippen molar-refractivity contribution >= 4 is 47.3 Å². The number of carbonyl (C=O) groups excluding carboxylic acids is 1. The van der Waals surface area contributed by atoms with E-state index in [0.717, 1.165) is 59.0 Å².